The molecule has 0 fully saturated rings. The van der Waals surface area contributed by atoms with Crippen LogP contribution in [0, 0.1) is 12.7 Å². The number of aromatic nitrogens is 1. The second kappa shape index (κ2) is 8.92. The number of hydrogen-bond acceptors (Lipinski definition) is 4. The van der Waals surface area contributed by atoms with E-state index in [0.717, 1.165) is 5.56 Å². The third-order valence-corrected chi connectivity index (χ3v) is 3.69. The molecule has 0 radical (unpaired) electrons. The maximum absolute atomic E-state index is 13.8. The third-order valence-electron chi connectivity index (χ3n) is 3.69. The number of amides is 1. The number of pyridine rings is 1. The summed E-state index contributed by atoms with van der Waals surface area (Å²) in [7, 11) is 0. The Labute approximate surface area is 146 Å². The fraction of sp³-hybridized carbons (Fsp3) is 0.316. The number of rotatable bonds is 7. The topological polar surface area (TPSA) is 59.5 Å². The summed E-state index contributed by atoms with van der Waals surface area (Å²) in [6.45, 7) is 4.12. The monoisotopic (exact) mass is 344 g/mol. The lowest BCUT2D eigenvalue weighted by atomic mass is 10.1. The maximum Gasteiger partial charge on any atom is 0.307 e. The van der Waals surface area contributed by atoms with E-state index in [2.05, 4.69) is 4.98 Å². The molecule has 1 heterocycles. The molecule has 0 unspecified atom stereocenters. The molecule has 2 rings (SSSR count). The van der Waals surface area contributed by atoms with Crippen molar-refractivity contribution in [3.63, 3.8) is 0 Å². The van der Waals surface area contributed by atoms with Gasteiger partial charge in [0.1, 0.15) is 5.82 Å². The average Bonchev–Trinajstić information content (AvgIpc) is 2.61. The van der Waals surface area contributed by atoms with Gasteiger partial charge in [0.05, 0.1) is 13.0 Å². The van der Waals surface area contributed by atoms with Gasteiger partial charge in [-0.25, -0.2) is 4.39 Å². The smallest absolute Gasteiger partial charge is 0.307 e. The molecule has 0 saturated carbocycles. The van der Waals surface area contributed by atoms with Gasteiger partial charge >= 0.3 is 5.97 Å². The van der Waals surface area contributed by atoms with Crippen LogP contribution in [0.4, 0.5) is 4.39 Å². The molecular weight excluding hydrogens is 323 g/mol. The van der Waals surface area contributed by atoms with Crippen molar-refractivity contribution < 1.29 is 18.7 Å². The second-order valence-electron chi connectivity index (χ2n) is 5.61. The fourth-order valence-corrected chi connectivity index (χ4v) is 2.33. The summed E-state index contributed by atoms with van der Waals surface area (Å²) in [6.07, 6.45) is 3.37. The summed E-state index contributed by atoms with van der Waals surface area (Å²) in [5.41, 5.74) is 1.55. The van der Waals surface area contributed by atoms with Gasteiger partial charge in [-0.3, -0.25) is 14.6 Å². The second-order valence-corrected chi connectivity index (χ2v) is 5.61. The normalized spacial score (nSPS) is 10.4. The Morgan fingerprint density at radius 1 is 1.28 bits per heavy atom. The molecule has 0 aliphatic rings. The van der Waals surface area contributed by atoms with Crippen molar-refractivity contribution in [1.29, 1.82) is 0 Å². The summed E-state index contributed by atoms with van der Waals surface area (Å²) < 4.78 is 18.7. The van der Waals surface area contributed by atoms with Gasteiger partial charge in [0.15, 0.2) is 0 Å². The number of benzene rings is 1. The van der Waals surface area contributed by atoms with E-state index in [4.69, 9.17) is 4.74 Å². The molecule has 1 aromatic carbocycles. The van der Waals surface area contributed by atoms with Gasteiger partial charge < -0.3 is 9.64 Å². The molecule has 2 aromatic rings. The van der Waals surface area contributed by atoms with Gasteiger partial charge in [-0.2, -0.15) is 0 Å². The van der Waals surface area contributed by atoms with Crippen molar-refractivity contribution in [3.8, 4) is 0 Å². The standard InChI is InChI=1S/C19H21FN2O3/c1-3-25-18(23)8-10-22(13-15-5-4-9-21-12-15)19(24)16-7-6-14(2)17(20)11-16/h4-7,9,11-12H,3,8,10,13H2,1-2H3. The Morgan fingerprint density at radius 3 is 2.72 bits per heavy atom. The van der Waals surface area contributed by atoms with Crippen LogP contribution >= 0.6 is 0 Å². The molecular formula is C19H21FN2O3. The van der Waals surface area contributed by atoms with Crippen LogP contribution in [-0.4, -0.2) is 34.9 Å². The zero-order valence-corrected chi connectivity index (χ0v) is 14.4. The van der Waals surface area contributed by atoms with Crippen molar-refractivity contribution in [1.82, 2.24) is 9.88 Å². The summed E-state index contributed by atoms with van der Waals surface area (Å²) in [6, 6.07) is 7.98. The van der Waals surface area contributed by atoms with Crippen molar-refractivity contribution >= 4 is 11.9 Å². The molecule has 0 aliphatic heterocycles. The van der Waals surface area contributed by atoms with Gasteiger partial charge in [-0.15, -0.1) is 0 Å². The zero-order valence-electron chi connectivity index (χ0n) is 14.4. The first-order chi connectivity index (χ1) is 12.0. The molecule has 6 heteroatoms. The summed E-state index contributed by atoms with van der Waals surface area (Å²) >= 11 is 0. The number of nitrogens with zero attached hydrogens (tertiary/aromatic N) is 2. The van der Waals surface area contributed by atoms with Crippen molar-refractivity contribution in [2.45, 2.75) is 26.8 Å². The van der Waals surface area contributed by atoms with E-state index < -0.39 is 5.82 Å². The fourth-order valence-electron chi connectivity index (χ4n) is 2.33. The number of esters is 1. The highest BCUT2D eigenvalue weighted by molar-refractivity contribution is 5.94. The van der Waals surface area contributed by atoms with Crippen LogP contribution in [0.25, 0.3) is 0 Å². The van der Waals surface area contributed by atoms with Crippen LogP contribution in [0.5, 0.6) is 0 Å². The molecule has 0 atom stereocenters. The predicted octanol–water partition coefficient (Wildman–Crippen LogP) is 3.12. The lowest BCUT2D eigenvalue weighted by Crippen LogP contribution is -2.33. The predicted molar refractivity (Wildman–Crippen MR) is 91.4 cm³/mol. The molecule has 132 valence electrons. The van der Waals surface area contributed by atoms with E-state index in [1.165, 1.54) is 11.0 Å². The first kappa shape index (κ1) is 18.6. The van der Waals surface area contributed by atoms with Crippen LogP contribution < -0.4 is 0 Å². The Bertz CT molecular complexity index is 735. The molecule has 0 bridgehead atoms. The number of aryl methyl sites for hydroxylation is 1. The minimum atomic E-state index is -0.433. The largest absolute Gasteiger partial charge is 0.466 e. The SMILES string of the molecule is CCOC(=O)CCN(Cc1cccnc1)C(=O)c1ccc(C)c(F)c1. The molecule has 0 spiro atoms. The van der Waals surface area contributed by atoms with Crippen LogP contribution in [0.3, 0.4) is 0 Å². The van der Waals surface area contributed by atoms with Crippen LogP contribution in [0.15, 0.2) is 42.7 Å². The summed E-state index contributed by atoms with van der Waals surface area (Å²) in [5.74, 6) is -1.15. The first-order valence-electron chi connectivity index (χ1n) is 8.11. The lowest BCUT2D eigenvalue weighted by Gasteiger charge is -2.22. The van der Waals surface area contributed by atoms with Gasteiger partial charge in [0, 0.05) is 31.0 Å². The number of ether oxygens (including phenoxy) is 1. The Hall–Kier alpha value is -2.76. The molecule has 1 aromatic heterocycles. The van der Waals surface area contributed by atoms with Crippen molar-refractivity contribution in [2.75, 3.05) is 13.2 Å². The average molecular weight is 344 g/mol. The van der Waals surface area contributed by atoms with Gasteiger partial charge in [-0.05, 0) is 43.2 Å². The summed E-state index contributed by atoms with van der Waals surface area (Å²) in [5, 5.41) is 0. The molecule has 0 saturated heterocycles. The molecule has 1 amide bonds. The third kappa shape index (κ3) is 5.38. The lowest BCUT2D eigenvalue weighted by molar-refractivity contribution is -0.143. The van der Waals surface area contributed by atoms with Crippen LogP contribution in [-0.2, 0) is 16.1 Å². The minimum absolute atomic E-state index is 0.0776. The Morgan fingerprint density at radius 2 is 2.08 bits per heavy atom. The molecule has 0 N–H and O–H groups in total. The van der Waals surface area contributed by atoms with Gasteiger partial charge in [0.2, 0.25) is 0 Å². The first-order valence-corrected chi connectivity index (χ1v) is 8.11. The van der Waals surface area contributed by atoms with E-state index >= 15 is 0 Å². The molecule has 25 heavy (non-hydrogen) atoms. The van der Waals surface area contributed by atoms with E-state index in [-0.39, 0.29) is 37.0 Å². The van der Waals surface area contributed by atoms with Crippen molar-refractivity contribution in [2.24, 2.45) is 0 Å². The highest BCUT2D eigenvalue weighted by Gasteiger charge is 2.19. The van der Waals surface area contributed by atoms with E-state index in [1.807, 2.05) is 6.07 Å². The highest BCUT2D eigenvalue weighted by atomic mass is 19.1. The number of carbonyl (C=O) groups excluding carboxylic acids is 2. The van der Waals surface area contributed by atoms with Gasteiger partial charge in [0.25, 0.3) is 5.91 Å². The molecule has 5 nitrogen and oxygen atoms in total. The quantitative estimate of drug-likeness (QED) is 0.724. The summed E-state index contributed by atoms with van der Waals surface area (Å²) in [4.78, 5) is 29.9. The number of halogens is 1. The van der Waals surface area contributed by atoms with Crippen LogP contribution in [0.2, 0.25) is 0 Å². The molecule has 0 aliphatic carbocycles. The van der Waals surface area contributed by atoms with Crippen LogP contribution in [0.1, 0.15) is 34.8 Å². The minimum Gasteiger partial charge on any atom is -0.466 e. The van der Waals surface area contributed by atoms with E-state index in [0.29, 0.717) is 12.2 Å². The van der Waals surface area contributed by atoms with Crippen molar-refractivity contribution in [3.05, 3.63) is 65.2 Å². The highest BCUT2D eigenvalue weighted by Crippen LogP contribution is 2.14. The number of hydrogen-bond donors (Lipinski definition) is 0. The maximum atomic E-state index is 13.8. The Balaban J connectivity index is 2.18. The number of carbonyl (C=O) groups is 2. The van der Waals surface area contributed by atoms with E-state index in [1.54, 1.807) is 44.4 Å². The van der Waals surface area contributed by atoms with E-state index in [9.17, 15) is 14.0 Å². The zero-order chi connectivity index (χ0) is 18.2. The Kier molecular flexibility index (Phi) is 6.62. The van der Waals surface area contributed by atoms with Gasteiger partial charge in [-0.1, -0.05) is 12.1 Å².